The molecule has 0 aliphatic heterocycles. The molecule has 3 N–H and O–H groups in total. The Labute approximate surface area is 142 Å². The number of amides is 1. The van der Waals surface area contributed by atoms with Gasteiger partial charge < -0.3 is 15.9 Å². The molecule has 1 aromatic rings. The zero-order valence-electron chi connectivity index (χ0n) is 13.3. The first kappa shape index (κ1) is 17.6. The minimum atomic E-state index is -0.162. The number of hydrogen-bond acceptors (Lipinski definition) is 3. The molecule has 0 aromatic heterocycles. The Balaban J connectivity index is 1.66. The highest BCUT2D eigenvalue weighted by Crippen LogP contribution is 2.22. The van der Waals surface area contributed by atoms with Crippen LogP contribution in [0.4, 0.5) is 0 Å². The van der Waals surface area contributed by atoms with Crippen molar-refractivity contribution in [2.75, 3.05) is 13.2 Å². The van der Waals surface area contributed by atoms with Crippen molar-refractivity contribution in [1.29, 1.82) is 0 Å². The van der Waals surface area contributed by atoms with Crippen LogP contribution >= 0.6 is 11.6 Å². The Hall–Kier alpha value is -1.75. The van der Waals surface area contributed by atoms with E-state index in [0.717, 1.165) is 12.1 Å². The van der Waals surface area contributed by atoms with Crippen molar-refractivity contribution in [3.8, 4) is 0 Å². The molecule has 23 heavy (non-hydrogen) atoms. The smallest absolute Gasteiger partial charge is 0.260 e. The van der Waals surface area contributed by atoms with Crippen LogP contribution in [0.3, 0.4) is 0 Å². The average molecular weight is 338 g/mol. The third kappa shape index (κ3) is 6.48. The van der Waals surface area contributed by atoms with E-state index in [2.05, 4.69) is 10.5 Å². The van der Waals surface area contributed by atoms with Crippen molar-refractivity contribution in [2.45, 2.75) is 38.5 Å². The molecular formula is C17H24ClN3O2. The molecule has 0 bridgehead atoms. The zero-order valence-corrected chi connectivity index (χ0v) is 14.0. The monoisotopic (exact) mass is 337 g/mol. The number of amidine groups is 1. The summed E-state index contributed by atoms with van der Waals surface area (Å²) < 4.78 is 0. The molecule has 6 heteroatoms. The van der Waals surface area contributed by atoms with E-state index in [-0.39, 0.29) is 18.3 Å². The Morgan fingerprint density at radius 2 is 2.04 bits per heavy atom. The number of nitrogens with two attached hydrogens (primary N) is 1. The second kappa shape index (κ2) is 9.40. The van der Waals surface area contributed by atoms with Crippen molar-refractivity contribution in [2.24, 2.45) is 16.8 Å². The highest BCUT2D eigenvalue weighted by Gasteiger charge is 2.14. The molecular weight excluding hydrogens is 314 g/mol. The highest BCUT2D eigenvalue weighted by molar-refractivity contribution is 6.31. The van der Waals surface area contributed by atoms with Crippen LogP contribution in [0, 0.1) is 5.92 Å². The lowest BCUT2D eigenvalue weighted by Gasteiger charge is -2.21. The van der Waals surface area contributed by atoms with Gasteiger partial charge >= 0.3 is 0 Å². The minimum Gasteiger partial charge on any atom is -0.384 e. The van der Waals surface area contributed by atoms with Gasteiger partial charge in [0, 0.05) is 18.0 Å². The number of hydrogen-bond donors (Lipinski definition) is 2. The van der Waals surface area contributed by atoms with Crippen LogP contribution in [0.1, 0.15) is 37.7 Å². The van der Waals surface area contributed by atoms with Crippen LogP contribution in [0.25, 0.3) is 0 Å². The first-order valence-corrected chi connectivity index (χ1v) is 8.47. The van der Waals surface area contributed by atoms with E-state index >= 15 is 0 Å². The van der Waals surface area contributed by atoms with Gasteiger partial charge in [-0.1, -0.05) is 54.2 Å². The SMILES string of the molecule is N/C(Cc1ccccc1Cl)=N\OCC(=O)NCC1CCCCC1. The standard InChI is InChI=1S/C17H24ClN3O2/c18-15-9-5-4-8-14(15)10-16(19)21-23-12-17(22)20-11-13-6-2-1-3-7-13/h4-5,8-9,13H,1-3,6-7,10-12H2,(H2,19,21)(H,20,22). The molecule has 126 valence electrons. The number of nitrogens with one attached hydrogen (secondary N) is 1. The number of rotatable bonds is 7. The molecule has 0 heterocycles. The summed E-state index contributed by atoms with van der Waals surface area (Å²) in [6.45, 7) is 0.608. The van der Waals surface area contributed by atoms with Crippen molar-refractivity contribution >= 4 is 23.3 Å². The summed E-state index contributed by atoms with van der Waals surface area (Å²) in [5, 5.41) is 7.30. The molecule has 0 atom stereocenters. The molecule has 1 fully saturated rings. The molecule has 1 aliphatic rings. The molecule has 2 rings (SSSR count). The molecule has 0 radical (unpaired) electrons. The Morgan fingerprint density at radius 1 is 1.30 bits per heavy atom. The van der Waals surface area contributed by atoms with E-state index in [1.165, 1.54) is 32.1 Å². The lowest BCUT2D eigenvalue weighted by molar-refractivity contribution is -0.125. The lowest BCUT2D eigenvalue weighted by Crippen LogP contribution is -2.32. The van der Waals surface area contributed by atoms with Gasteiger partial charge in [-0.05, 0) is 30.4 Å². The fraction of sp³-hybridized carbons (Fsp3) is 0.529. The first-order valence-electron chi connectivity index (χ1n) is 8.09. The van der Waals surface area contributed by atoms with Gasteiger partial charge in [0.1, 0.15) is 5.84 Å². The summed E-state index contributed by atoms with van der Waals surface area (Å²) >= 11 is 6.05. The molecule has 1 aromatic carbocycles. The first-order chi connectivity index (χ1) is 11.1. The molecule has 0 spiro atoms. The maximum atomic E-state index is 11.7. The van der Waals surface area contributed by atoms with Crippen LogP contribution in [-0.4, -0.2) is 24.9 Å². The Bertz CT molecular complexity index is 542. The number of carbonyl (C=O) groups excluding carboxylic acids is 1. The second-order valence-electron chi connectivity index (χ2n) is 5.93. The normalized spacial score (nSPS) is 16.1. The molecule has 5 nitrogen and oxygen atoms in total. The van der Waals surface area contributed by atoms with E-state index in [4.69, 9.17) is 22.2 Å². The average Bonchev–Trinajstić information content (AvgIpc) is 2.56. The van der Waals surface area contributed by atoms with E-state index in [1.54, 1.807) is 6.07 Å². The van der Waals surface area contributed by atoms with Gasteiger partial charge in [-0.2, -0.15) is 0 Å². The van der Waals surface area contributed by atoms with Gasteiger partial charge in [0.2, 0.25) is 0 Å². The number of carbonyl (C=O) groups is 1. The van der Waals surface area contributed by atoms with Gasteiger partial charge in [0.05, 0.1) is 0 Å². The zero-order chi connectivity index (χ0) is 16.5. The van der Waals surface area contributed by atoms with Gasteiger partial charge in [0.25, 0.3) is 5.91 Å². The van der Waals surface area contributed by atoms with Crippen LogP contribution in [0.2, 0.25) is 5.02 Å². The predicted molar refractivity (Wildman–Crippen MR) is 92.3 cm³/mol. The molecule has 0 saturated heterocycles. The predicted octanol–water partition coefficient (Wildman–Crippen LogP) is 2.87. The summed E-state index contributed by atoms with van der Waals surface area (Å²) in [5.74, 6) is 0.726. The van der Waals surface area contributed by atoms with Gasteiger partial charge in [0.15, 0.2) is 6.61 Å². The summed E-state index contributed by atoms with van der Waals surface area (Å²) in [5.41, 5.74) is 6.66. The topological polar surface area (TPSA) is 76.7 Å². The third-order valence-corrected chi connectivity index (χ3v) is 4.39. The van der Waals surface area contributed by atoms with Crippen molar-refractivity contribution in [3.05, 3.63) is 34.9 Å². The van der Waals surface area contributed by atoms with Crippen molar-refractivity contribution in [3.63, 3.8) is 0 Å². The Kier molecular flexibility index (Phi) is 7.20. The molecule has 1 aliphatic carbocycles. The van der Waals surface area contributed by atoms with E-state index in [9.17, 15) is 4.79 Å². The maximum Gasteiger partial charge on any atom is 0.260 e. The van der Waals surface area contributed by atoms with E-state index in [0.29, 0.717) is 17.4 Å². The third-order valence-electron chi connectivity index (χ3n) is 4.02. The number of benzene rings is 1. The van der Waals surface area contributed by atoms with Crippen LogP contribution < -0.4 is 11.1 Å². The fourth-order valence-corrected chi connectivity index (χ4v) is 2.95. The maximum absolute atomic E-state index is 11.7. The number of nitrogens with zero attached hydrogens (tertiary/aromatic N) is 1. The van der Waals surface area contributed by atoms with E-state index in [1.807, 2.05) is 18.2 Å². The summed E-state index contributed by atoms with van der Waals surface area (Å²) in [6.07, 6.45) is 6.63. The molecule has 0 unspecified atom stereocenters. The van der Waals surface area contributed by atoms with E-state index < -0.39 is 0 Å². The van der Waals surface area contributed by atoms with Gasteiger partial charge in [-0.3, -0.25) is 4.79 Å². The summed E-state index contributed by atoms with van der Waals surface area (Å²) in [6, 6.07) is 7.41. The summed E-state index contributed by atoms with van der Waals surface area (Å²) in [4.78, 5) is 16.7. The van der Waals surface area contributed by atoms with Crippen LogP contribution in [0.15, 0.2) is 29.4 Å². The fourth-order valence-electron chi connectivity index (χ4n) is 2.74. The second-order valence-corrected chi connectivity index (χ2v) is 6.34. The highest BCUT2D eigenvalue weighted by atomic mass is 35.5. The number of oxime groups is 1. The lowest BCUT2D eigenvalue weighted by atomic mass is 9.89. The largest absolute Gasteiger partial charge is 0.384 e. The molecule has 1 saturated carbocycles. The number of halogens is 1. The van der Waals surface area contributed by atoms with Crippen LogP contribution in [0.5, 0.6) is 0 Å². The van der Waals surface area contributed by atoms with Crippen LogP contribution in [-0.2, 0) is 16.1 Å². The van der Waals surface area contributed by atoms with Gasteiger partial charge in [-0.25, -0.2) is 0 Å². The van der Waals surface area contributed by atoms with Crippen molar-refractivity contribution < 1.29 is 9.63 Å². The van der Waals surface area contributed by atoms with Gasteiger partial charge in [-0.15, -0.1) is 0 Å². The van der Waals surface area contributed by atoms with Crippen molar-refractivity contribution in [1.82, 2.24) is 5.32 Å². The quantitative estimate of drug-likeness (QED) is 0.456. The summed E-state index contributed by atoms with van der Waals surface area (Å²) in [7, 11) is 0. The Morgan fingerprint density at radius 3 is 2.78 bits per heavy atom. The molecule has 1 amide bonds. The minimum absolute atomic E-state index is 0.115.